The fraction of sp³-hybridized carbons (Fsp3) is 0.231. The Balaban J connectivity index is 2.28. The van der Waals surface area contributed by atoms with Crippen molar-refractivity contribution in [3.8, 4) is 17.3 Å². The van der Waals surface area contributed by atoms with Crippen LogP contribution in [0.2, 0.25) is 0 Å². The third-order valence-corrected chi connectivity index (χ3v) is 3.57. The zero-order chi connectivity index (χ0) is 12.3. The van der Waals surface area contributed by atoms with Crippen LogP contribution in [0.1, 0.15) is 30.0 Å². The number of nitrogens with zero attached hydrogens (tertiary/aromatic N) is 2. The molecule has 0 radical (unpaired) electrons. The predicted molar refractivity (Wildman–Crippen MR) is 69.5 cm³/mol. The Kier molecular flexibility index (Phi) is 3.52. The number of aromatic nitrogens is 1. The number of rotatable bonds is 3. The maximum atomic E-state index is 8.73. The van der Waals surface area contributed by atoms with E-state index >= 15 is 0 Å². The monoisotopic (exact) mass is 243 g/mol. The Bertz CT molecular complexity index is 537. The normalized spacial score (nSPS) is 12.1. The van der Waals surface area contributed by atoms with Crippen molar-refractivity contribution in [2.45, 2.75) is 19.4 Å². The molecular weight excluding hydrogens is 230 g/mol. The van der Waals surface area contributed by atoms with Crippen molar-refractivity contribution >= 4 is 11.3 Å². The van der Waals surface area contributed by atoms with Gasteiger partial charge in [-0.1, -0.05) is 19.1 Å². The van der Waals surface area contributed by atoms with Gasteiger partial charge in [-0.25, -0.2) is 4.98 Å². The van der Waals surface area contributed by atoms with Gasteiger partial charge in [-0.3, -0.25) is 0 Å². The van der Waals surface area contributed by atoms with Gasteiger partial charge in [0.15, 0.2) is 0 Å². The van der Waals surface area contributed by atoms with E-state index in [1.165, 1.54) is 0 Å². The van der Waals surface area contributed by atoms with Gasteiger partial charge in [-0.15, -0.1) is 11.3 Å². The summed E-state index contributed by atoms with van der Waals surface area (Å²) in [5, 5.41) is 11.7. The summed E-state index contributed by atoms with van der Waals surface area (Å²) in [6.07, 6.45) is 0.889. The lowest BCUT2D eigenvalue weighted by Gasteiger charge is -2.02. The highest BCUT2D eigenvalue weighted by Gasteiger charge is 2.09. The first kappa shape index (κ1) is 11.8. The topological polar surface area (TPSA) is 62.7 Å². The lowest BCUT2D eigenvalue weighted by atomic mass is 10.1. The quantitative estimate of drug-likeness (QED) is 0.901. The van der Waals surface area contributed by atoms with Crippen LogP contribution in [-0.4, -0.2) is 4.98 Å². The van der Waals surface area contributed by atoms with Gasteiger partial charge in [0.05, 0.1) is 23.4 Å². The summed E-state index contributed by atoms with van der Waals surface area (Å²) in [5.41, 5.74) is 8.55. The molecule has 2 N–H and O–H groups in total. The number of nitrogens with two attached hydrogens (primary N) is 1. The zero-order valence-electron chi connectivity index (χ0n) is 9.55. The van der Waals surface area contributed by atoms with Crippen LogP contribution in [0.4, 0.5) is 0 Å². The SMILES string of the molecule is CCC(N)c1nc(-c2ccc(C#N)cc2)cs1. The van der Waals surface area contributed by atoms with Crippen LogP contribution in [0.3, 0.4) is 0 Å². The molecule has 0 amide bonds. The molecule has 0 aliphatic carbocycles. The number of nitriles is 1. The molecule has 0 saturated heterocycles. The third-order valence-electron chi connectivity index (χ3n) is 2.59. The van der Waals surface area contributed by atoms with Crippen LogP contribution < -0.4 is 5.73 Å². The third kappa shape index (κ3) is 2.52. The molecule has 1 heterocycles. The Morgan fingerprint density at radius 1 is 1.41 bits per heavy atom. The van der Waals surface area contributed by atoms with Crippen molar-refractivity contribution < 1.29 is 0 Å². The maximum Gasteiger partial charge on any atom is 0.110 e. The molecule has 1 aromatic carbocycles. The average Bonchev–Trinajstić information content (AvgIpc) is 2.87. The molecule has 2 rings (SSSR count). The first-order valence-electron chi connectivity index (χ1n) is 5.46. The molecule has 2 aromatic rings. The predicted octanol–water partition coefficient (Wildman–Crippen LogP) is 3.09. The first-order chi connectivity index (χ1) is 8.24. The second-order valence-electron chi connectivity index (χ2n) is 3.77. The van der Waals surface area contributed by atoms with Gasteiger partial charge in [0.1, 0.15) is 5.01 Å². The van der Waals surface area contributed by atoms with Crippen LogP contribution in [-0.2, 0) is 0 Å². The Labute approximate surface area is 105 Å². The van der Waals surface area contributed by atoms with Crippen molar-refractivity contribution in [2.24, 2.45) is 5.73 Å². The second-order valence-corrected chi connectivity index (χ2v) is 4.66. The zero-order valence-corrected chi connectivity index (χ0v) is 10.4. The largest absolute Gasteiger partial charge is 0.322 e. The van der Waals surface area contributed by atoms with Crippen LogP contribution in [0, 0.1) is 11.3 Å². The highest BCUT2D eigenvalue weighted by atomic mass is 32.1. The van der Waals surface area contributed by atoms with E-state index in [1.54, 1.807) is 23.5 Å². The summed E-state index contributed by atoms with van der Waals surface area (Å²) in [4.78, 5) is 4.52. The van der Waals surface area contributed by atoms with E-state index in [0.717, 1.165) is 22.7 Å². The molecule has 86 valence electrons. The summed E-state index contributed by atoms with van der Waals surface area (Å²) in [6.45, 7) is 2.05. The minimum atomic E-state index is 0.0205. The van der Waals surface area contributed by atoms with Crippen molar-refractivity contribution in [1.82, 2.24) is 4.98 Å². The van der Waals surface area contributed by atoms with Gasteiger partial charge in [0.2, 0.25) is 0 Å². The molecule has 17 heavy (non-hydrogen) atoms. The van der Waals surface area contributed by atoms with E-state index < -0.39 is 0 Å². The number of benzene rings is 1. The van der Waals surface area contributed by atoms with E-state index in [2.05, 4.69) is 11.1 Å². The molecule has 0 aliphatic rings. The Hall–Kier alpha value is -1.70. The summed E-state index contributed by atoms with van der Waals surface area (Å²) >= 11 is 1.59. The van der Waals surface area contributed by atoms with E-state index in [1.807, 2.05) is 24.4 Å². The van der Waals surface area contributed by atoms with Crippen molar-refractivity contribution in [1.29, 1.82) is 5.26 Å². The summed E-state index contributed by atoms with van der Waals surface area (Å²) < 4.78 is 0. The van der Waals surface area contributed by atoms with Gasteiger partial charge < -0.3 is 5.73 Å². The summed E-state index contributed by atoms with van der Waals surface area (Å²) in [7, 11) is 0. The molecule has 0 spiro atoms. The second kappa shape index (κ2) is 5.09. The average molecular weight is 243 g/mol. The van der Waals surface area contributed by atoms with E-state index in [0.29, 0.717) is 5.56 Å². The molecule has 1 aromatic heterocycles. The van der Waals surface area contributed by atoms with Gasteiger partial charge >= 0.3 is 0 Å². The smallest absolute Gasteiger partial charge is 0.110 e. The van der Waals surface area contributed by atoms with Gasteiger partial charge in [0.25, 0.3) is 0 Å². The summed E-state index contributed by atoms with van der Waals surface area (Å²) in [5.74, 6) is 0. The van der Waals surface area contributed by atoms with E-state index in [4.69, 9.17) is 11.0 Å². The van der Waals surface area contributed by atoms with Gasteiger partial charge in [-0.2, -0.15) is 5.26 Å². The molecule has 0 saturated carbocycles. The van der Waals surface area contributed by atoms with E-state index in [-0.39, 0.29) is 6.04 Å². The molecule has 1 atom stereocenters. The molecule has 0 bridgehead atoms. The van der Waals surface area contributed by atoms with Crippen molar-refractivity contribution in [3.05, 3.63) is 40.2 Å². The minimum Gasteiger partial charge on any atom is -0.322 e. The standard InChI is InChI=1S/C13H13N3S/c1-2-11(15)13-16-12(8-17-13)10-5-3-9(7-14)4-6-10/h3-6,8,11H,2,15H2,1H3. The lowest BCUT2D eigenvalue weighted by Crippen LogP contribution is -2.07. The molecule has 0 fully saturated rings. The minimum absolute atomic E-state index is 0.0205. The number of thiazole rings is 1. The molecule has 0 aliphatic heterocycles. The van der Waals surface area contributed by atoms with Gasteiger partial charge in [0, 0.05) is 10.9 Å². The van der Waals surface area contributed by atoms with Crippen LogP contribution in [0.5, 0.6) is 0 Å². The van der Waals surface area contributed by atoms with Crippen molar-refractivity contribution in [2.75, 3.05) is 0 Å². The molecule has 4 heteroatoms. The van der Waals surface area contributed by atoms with Crippen LogP contribution >= 0.6 is 11.3 Å². The first-order valence-corrected chi connectivity index (χ1v) is 6.34. The highest BCUT2D eigenvalue weighted by Crippen LogP contribution is 2.25. The fourth-order valence-electron chi connectivity index (χ4n) is 1.48. The molecule has 1 unspecified atom stereocenters. The Morgan fingerprint density at radius 2 is 2.12 bits per heavy atom. The highest BCUT2D eigenvalue weighted by molar-refractivity contribution is 7.10. The fourth-order valence-corrected chi connectivity index (χ4v) is 2.39. The lowest BCUT2D eigenvalue weighted by molar-refractivity contribution is 0.693. The molecule has 3 nitrogen and oxygen atoms in total. The van der Waals surface area contributed by atoms with Crippen molar-refractivity contribution in [3.63, 3.8) is 0 Å². The maximum absolute atomic E-state index is 8.73. The van der Waals surface area contributed by atoms with E-state index in [9.17, 15) is 0 Å². The molecular formula is C13H13N3S. The number of hydrogen-bond acceptors (Lipinski definition) is 4. The Morgan fingerprint density at radius 3 is 2.71 bits per heavy atom. The van der Waals surface area contributed by atoms with Crippen LogP contribution in [0.15, 0.2) is 29.6 Å². The van der Waals surface area contributed by atoms with Gasteiger partial charge in [-0.05, 0) is 18.6 Å². The number of hydrogen-bond donors (Lipinski definition) is 1. The van der Waals surface area contributed by atoms with Crippen LogP contribution in [0.25, 0.3) is 11.3 Å². The summed E-state index contributed by atoms with van der Waals surface area (Å²) in [6, 6.07) is 9.54.